The van der Waals surface area contributed by atoms with Gasteiger partial charge in [0.25, 0.3) is 0 Å². The minimum absolute atomic E-state index is 0.466. The summed E-state index contributed by atoms with van der Waals surface area (Å²) in [6, 6.07) is 10.3. The maximum absolute atomic E-state index is 8.78. The Hall–Kier alpha value is -1.75. The lowest BCUT2D eigenvalue weighted by Crippen LogP contribution is -2.26. The van der Waals surface area contributed by atoms with Gasteiger partial charge in [-0.25, -0.2) is 0 Å². The molecule has 1 saturated carbocycles. The van der Waals surface area contributed by atoms with Gasteiger partial charge in [0.15, 0.2) is 0 Å². The summed E-state index contributed by atoms with van der Waals surface area (Å²) in [6.07, 6.45) is 4.73. The molecule has 94 valence electrons. The average molecular weight is 240 g/mol. The first kappa shape index (κ1) is 12.7. The van der Waals surface area contributed by atoms with Crippen molar-refractivity contribution >= 4 is 5.69 Å². The van der Waals surface area contributed by atoms with Gasteiger partial charge in [-0.05, 0) is 55.9 Å². The summed E-state index contributed by atoms with van der Waals surface area (Å²) >= 11 is 0. The predicted octanol–water partition coefficient (Wildman–Crippen LogP) is 4.11. The number of hydrogen-bond donors (Lipinski definition) is 1. The Morgan fingerprint density at radius 2 is 2.06 bits per heavy atom. The number of benzene rings is 1. The van der Waals surface area contributed by atoms with Crippen molar-refractivity contribution in [2.45, 2.75) is 38.6 Å². The number of nitriles is 1. The highest BCUT2D eigenvalue weighted by atomic mass is 14.9. The minimum Gasteiger partial charge on any atom is -0.382 e. The zero-order valence-electron chi connectivity index (χ0n) is 10.9. The van der Waals surface area contributed by atoms with Crippen molar-refractivity contribution in [3.8, 4) is 6.07 Å². The van der Waals surface area contributed by atoms with E-state index < -0.39 is 0 Å². The van der Waals surface area contributed by atoms with E-state index in [2.05, 4.69) is 24.9 Å². The summed E-state index contributed by atoms with van der Waals surface area (Å²) in [5.41, 5.74) is 3.16. The van der Waals surface area contributed by atoms with Crippen molar-refractivity contribution in [3.63, 3.8) is 0 Å². The molecular formula is C16H20N2. The first-order valence-corrected chi connectivity index (χ1v) is 6.62. The lowest BCUT2D eigenvalue weighted by molar-refractivity contribution is 0.462. The molecule has 1 fully saturated rings. The van der Waals surface area contributed by atoms with Gasteiger partial charge in [-0.15, -0.1) is 0 Å². The van der Waals surface area contributed by atoms with E-state index in [9.17, 15) is 0 Å². The molecule has 1 aliphatic rings. The highest BCUT2D eigenvalue weighted by molar-refractivity contribution is 5.48. The molecule has 0 saturated heterocycles. The van der Waals surface area contributed by atoms with Crippen LogP contribution in [0.4, 0.5) is 5.69 Å². The molecule has 1 aromatic rings. The molecule has 1 aliphatic carbocycles. The van der Waals surface area contributed by atoms with E-state index in [0.717, 1.165) is 18.5 Å². The molecule has 1 N–H and O–H groups in total. The van der Waals surface area contributed by atoms with Crippen LogP contribution in [0.1, 0.15) is 38.2 Å². The van der Waals surface area contributed by atoms with Crippen LogP contribution in [0.25, 0.3) is 0 Å². The van der Waals surface area contributed by atoms with Crippen molar-refractivity contribution in [2.75, 3.05) is 5.32 Å². The van der Waals surface area contributed by atoms with Gasteiger partial charge in [-0.3, -0.25) is 0 Å². The average Bonchev–Trinajstić information content (AvgIpc) is 2.53. The molecule has 2 unspecified atom stereocenters. The number of rotatable bonds is 2. The monoisotopic (exact) mass is 240 g/mol. The Balaban J connectivity index is 2.06. The maximum atomic E-state index is 8.78. The van der Waals surface area contributed by atoms with Crippen LogP contribution in [0.5, 0.6) is 0 Å². The highest BCUT2D eigenvalue weighted by Gasteiger charge is 2.21. The first-order chi connectivity index (χ1) is 8.69. The maximum Gasteiger partial charge on any atom is 0.0991 e. The third-order valence-electron chi connectivity index (χ3n) is 3.75. The largest absolute Gasteiger partial charge is 0.382 e. The molecule has 0 bridgehead atoms. The van der Waals surface area contributed by atoms with Gasteiger partial charge in [-0.2, -0.15) is 5.26 Å². The smallest absolute Gasteiger partial charge is 0.0991 e. The molecule has 2 heteroatoms. The van der Waals surface area contributed by atoms with Crippen LogP contribution in [0.2, 0.25) is 0 Å². The van der Waals surface area contributed by atoms with Crippen molar-refractivity contribution in [2.24, 2.45) is 5.92 Å². The fraction of sp³-hybridized carbons (Fsp3) is 0.438. The van der Waals surface area contributed by atoms with Gasteiger partial charge in [0.05, 0.1) is 11.6 Å². The molecule has 2 atom stereocenters. The van der Waals surface area contributed by atoms with Gasteiger partial charge in [0.1, 0.15) is 0 Å². The van der Waals surface area contributed by atoms with Crippen molar-refractivity contribution < 1.29 is 0 Å². The normalized spacial score (nSPS) is 24.1. The van der Waals surface area contributed by atoms with Crippen molar-refractivity contribution in [1.29, 1.82) is 5.26 Å². The predicted molar refractivity (Wildman–Crippen MR) is 75.3 cm³/mol. The Morgan fingerprint density at radius 3 is 2.72 bits per heavy atom. The van der Waals surface area contributed by atoms with Gasteiger partial charge in [0.2, 0.25) is 0 Å². The standard InChI is InChI=1S/C16H20N2/c1-12-4-3-5-13(2)16(10-12)18-15-8-6-14(11-17)7-9-15/h6-9,13,16,18H,1,3-5,10H2,2H3. The fourth-order valence-corrected chi connectivity index (χ4v) is 2.54. The van der Waals surface area contributed by atoms with E-state index in [1.54, 1.807) is 0 Å². The Bertz CT molecular complexity index is 453. The zero-order valence-corrected chi connectivity index (χ0v) is 10.9. The molecule has 0 aromatic heterocycles. The van der Waals surface area contributed by atoms with Crippen LogP contribution in [0.3, 0.4) is 0 Å². The topological polar surface area (TPSA) is 35.8 Å². The molecule has 18 heavy (non-hydrogen) atoms. The summed E-state index contributed by atoms with van der Waals surface area (Å²) in [5.74, 6) is 0.667. The summed E-state index contributed by atoms with van der Waals surface area (Å²) in [5, 5.41) is 12.4. The lowest BCUT2D eigenvalue weighted by Gasteiger charge is -2.24. The summed E-state index contributed by atoms with van der Waals surface area (Å²) < 4.78 is 0. The number of hydrogen-bond acceptors (Lipinski definition) is 2. The molecule has 0 amide bonds. The third kappa shape index (κ3) is 3.13. The number of nitrogens with one attached hydrogen (secondary N) is 1. The van der Waals surface area contributed by atoms with Gasteiger partial charge in [-0.1, -0.05) is 19.1 Å². The molecule has 2 rings (SSSR count). The van der Waals surface area contributed by atoms with Crippen LogP contribution in [0, 0.1) is 17.2 Å². The third-order valence-corrected chi connectivity index (χ3v) is 3.75. The molecule has 0 heterocycles. The SMILES string of the molecule is C=C1CCCC(C)C(Nc2ccc(C#N)cc2)C1. The number of nitrogens with zero attached hydrogens (tertiary/aromatic N) is 1. The first-order valence-electron chi connectivity index (χ1n) is 6.62. The minimum atomic E-state index is 0.466. The van der Waals surface area contributed by atoms with Gasteiger partial charge >= 0.3 is 0 Å². The van der Waals surface area contributed by atoms with Gasteiger partial charge in [0, 0.05) is 11.7 Å². The quantitative estimate of drug-likeness (QED) is 0.624. The summed E-state index contributed by atoms with van der Waals surface area (Å²) in [4.78, 5) is 0. The second kappa shape index (κ2) is 5.73. The molecule has 0 spiro atoms. The molecule has 0 radical (unpaired) electrons. The Labute approximate surface area is 109 Å². The summed E-state index contributed by atoms with van der Waals surface area (Å²) in [7, 11) is 0. The Kier molecular flexibility index (Phi) is 4.04. The summed E-state index contributed by atoms with van der Waals surface area (Å²) in [6.45, 7) is 6.45. The van der Waals surface area contributed by atoms with E-state index >= 15 is 0 Å². The molecule has 2 nitrogen and oxygen atoms in total. The molecular weight excluding hydrogens is 220 g/mol. The number of anilines is 1. The van der Waals surface area contributed by atoms with Crippen LogP contribution in [-0.4, -0.2) is 6.04 Å². The fourth-order valence-electron chi connectivity index (χ4n) is 2.54. The second-order valence-electron chi connectivity index (χ2n) is 5.26. The molecule has 0 aliphatic heterocycles. The Morgan fingerprint density at radius 1 is 1.33 bits per heavy atom. The van der Waals surface area contributed by atoms with Crippen molar-refractivity contribution in [3.05, 3.63) is 42.0 Å². The van der Waals surface area contributed by atoms with E-state index in [-0.39, 0.29) is 0 Å². The van der Waals surface area contributed by atoms with Crippen LogP contribution >= 0.6 is 0 Å². The second-order valence-corrected chi connectivity index (χ2v) is 5.26. The van der Waals surface area contributed by atoms with E-state index in [1.165, 1.54) is 18.4 Å². The van der Waals surface area contributed by atoms with Crippen molar-refractivity contribution in [1.82, 2.24) is 0 Å². The zero-order chi connectivity index (χ0) is 13.0. The van der Waals surface area contributed by atoms with Gasteiger partial charge < -0.3 is 5.32 Å². The van der Waals surface area contributed by atoms with Crippen LogP contribution in [0.15, 0.2) is 36.4 Å². The van der Waals surface area contributed by atoms with Crippen LogP contribution in [-0.2, 0) is 0 Å². The van der Waals surface area contributed by atoms with E-state index in [1.807, 2.05) is 24.3 Å². The van der Waals surface area contributed by atoms with E-state index in [0.29, 0.717) is 17.5 Å². The highest BCUT2D eigenvalue weighted by Crippen LogP contribution is 2.28. The van der Waals surface area contributed by atoms with E-state index in [4.69, 9.17) is 5.26 Å². The lowest BCUT2D eigenvalue weighted by atomic mass is 9.96. The van der Waals surface area contributed by atoms with Crippen LogP contribution < -0.4 is 5.32 Å². The molecule has 1 aromatic carbocycles.